The lowest BCUT2D eigenvalue weighted by Crippen LogP contribution is -2.31. The van der Waals surface area contributed by atoms with Crippen LogP contribution in [0.2, 0.25) is 5.02 Å². The first kappa shape index (κ1) is 14.4. The van der Waals surface area contributed by atoms with Gasteiger partial charge in [0, 0.05) is 13.7 Å². The van der Waals surface area contributed by atoms with Gasteiger partial charge in [0.15, 0.2) is 0 Å². The molecule has 0 radical (unpaired) electrons. The second-order valence-electron chi connectivity index (χ2n) is 3.47. The molecule has 1 aromatic rings. The fourth-order valence-electron chi connectivity index (χ4n) is 1.07. The lowest BCUT2D eigenvalue weighted by Gasteiger charge is -2.12. The number of hydrogen-bond donors (Lipinski definition) is 1. The highest BCUT2D eigenvalue weighted by molar-refractivity contribution is 7.89. The summed E-state index contributed by atoms with van der Waals surface area (Å²) in [4.78, 5) is -0.275. The van der Waals surface area contributed by atoms with Crippen molar-refractivity contribution in [3.63, 3.8) is 0 Å². The van der Waals surface area contributed by atoms with E-state index >= 15 is 0 Å². The molecule has 0 aliphatic rings. The standard InChI is InChI=1S/C10H13ClFNO3S/c1-7(16-2)6-13-17(14,15)10-5-8(12)3-4-9(10)11/h3-5,7,13H,6H2,1-2H3. The maximum atomic E-state index is 13.0. The van der Waals surface area contributed by atoms with Gasteiger partial charge in [-0.25, -0.2) is 17.5 Å². The molecule has 0 fully saturated rings. The van der Waals surface area contributed by atoms with Crippen LogP contribution in [0.1, 0.15) is 6.92 Å². The Bertz CT molecular complexity index is 492. The first-order valence-electron chi connectivity index (χ1n) is 4.84. The zero-order valence-corrected chi connectivity index (χ0v) is 11.0. The van der Waals surface area contributed by atoms with E-state index in [4.69, 9.17) is 16.3 Å². The molecule has 17 heavy (non-hydrogen) atoms. The Morgan fingerprint density at radius 3 is 2.76 bits per heavy atom. The zero-order chi connectivity index (χ0) is 13.1. The van der Waals surface area contributed by atoms with E-state index in [1.54, 1.807) is 6.92 Å². The summed E-state index contributed by atoms with van der Waals surface area (Å²) in [7, 11) is -2.35. The molecule has 7 heteroatoms. The van der Waals surface area contributed by atoms with Crippen LogP contribution in [-0.4, -0.2) is 28.2 Å². The summed E-state index contributed by atoms with van der Waals surface area (Å²) in [5.74, 6) is -0.658. The number of halogens is 2. The molecule has 0 aliphatic heterocycles. The number of hydrogen-bond acceptors (Lipinski definition) is 3. The van der Waals surface area contributed by atoms with Gasteiger partial charge in [-0.05, 0) is 25.1 Å². The summed E-state index contributed by atoms with van der Waals surface area (Å²) in [5, 5.41) is -0.0241. The minimum atomic E-state index is -3.82. The predicted molar refractivity (Wildman–Crippen MR) is 63.1 cm³/mol. The zero-order valence-electron chi connectivity index (χ0n) is 9.41. The van der Waals surface area contributed by atoms with Gasteiger partial charge in [0.1, 0.15) is 10.7 Å². The van der Waals surface area contributed by atoms with Crippen LogP contribution in [0.25, 0.3) is 0 Å². The topological polar surface area (TPSA) is 55.4 Å². The van der Waals surface area contributed by atoms with Crippen LogP contribution in [-0.2, 0) is 14.8 Å². The molecule has 1 aromatic carbocycles. The summed E-state index contributed by atoms with van der Waals surface area (Å²) in [5.41, 5.74) is 0. The SMILES string of the molecule is COC(C)CNS(=O)(=O)c1cc(F)ccc1Cl. The number of rotatable bonds is 5. The van der Waals surface area contributed by atoms with Gasteiger partial charge >= 0.3 is 0 Å². The first-order valence-corrected chi connectivity index (χ1v) is 6.70. The number of benzene rings is 1. The summed E-state index contributed by atoms with van der Waals surface area (Å²) in [6.45, 7) is 1.79. The molecule has 0 saturated carbocycles. The average molecular weight is 282 g/mol. The van der Waals surface area contributed by atoms with Crippen LogP contribution in [0.5, 0.6) is 0 Å². The Balaban J connectivity index is 2.93. The molecule has 1 N–H and O–H groups in total. The van der Waals surface area contributed by atoms with Gasteiger partial charge in [0.25, 0.3) is 0 Å². The second kappa shape index (κ2) is 5.77. The molecular weight excluding hydrogens is 269 g/mol. The normalized spacial score (nSPS) is 13.6. The molecule has 4 nitrogen and oxygen atoms in total. The van der Waals surface area contributed by atoms with Crippen LogP contribution in [0.4, 0.5) is 4.39 Å². The molecule has 0 saturated heterocycles. The van der Waals surface area contributed by atoms with Crippen molar-refractivity contribution >= 4 is 21.6 Å². The van der Waals surface area contributed by atoms with E-state index in [-0.39, 0.29) is 22.6 Å². The second-order valence-corrected chi connectivity index (χ2v) is 5.62. The van der Waals surface area contributed by atoms with E-state index in [9.17, 15) is 12.8 Å². The van der Waals surface area contributed by atoms with Crippen molar-refractivity contribution in [2.45, 2.75) is 17.9 Å². The molecule has 0 amide bonds. The van der Waals surface area contributed by atoms with Crippen molar-refractivity contribution in [2.75, 3.05) is 13.7 Å². The Labute approximate surface area is 105 Å². The summed E-state index contributed by atoms with van der Waals surface area (Å²) in [6.07, 6.45) is -0.280. The Morgan fingerprint density at radius 2 is 2.18 bits per heavy atom. The smallest absolute Gasteiger partial charge is 0.242 e. The fourth-order valence-corrected chi connectivity index (χ4v) is 2.70. The van der Waals surface area contributed by atoms with E-state index in [0.717, 1.165) is 12.1 Å². The van der Waals surface area contributed by atoms with Gasteiger partial charge in [-0.3, -0.25) is 0 Å². The lowest BCUT2D eigenvalue weighted by atomic mass is 10.3. The third-order valence-corrected chi connectivity index (χ3v) is 4.05. The van der Waals surface area contributed by atoms with Gasteiger partial charge in [0.05, 0.1) is 11.1 Å². The molecule has 0 bridgehead atoms. The Kier molecular flexibility index (Phi) is 4.88. The van der Waals surface area contributed by atoms with E-state index < -0.39 is 15.8 Å². The maximum Gasteiger partial charge on any atom is 0.242 e. The summed E-state index contributed by atoms with van der Waals surface area (Å²) in [6, 6.07) is 3.17. The van der Waals surface area contributed by atoms with E-state index in [0.29, 0.717) is 0 Å². The quantitative estimate of drug-likeness (QED) is 0.895. The molecule has 0 aromatic heterocycles. The van der Waals surface area contributed by atoms with Crippen LogP contribution in [0.15, 0.2) is 23.1 Å². The van der Waals surface area contributed by atoms with Crippen molar-refractivity contribution in [1.82, 2.24) is 4.72 Å². The van der Waals surface area contributed by atoms with E-state index in [2.05, 4.69) is 4.72 Å². The number of ether oxygens (including phenoxy) is 1. The van der Waals surface area contributed by atoms with Crippen molar-refractivity contribution < 1.29 is 17.5 Å². The molecule has 0 spiro atoms. The molecule has 0 heterocycles. The van der Waals surface area contributed by atoms with Crippen LogP contribution in [0.3, 0.4) is 0 Å². The number of methoxy groups -OCH3 is 1. The van der Waals surface area contributed by atoms with E-state index in [1.807, 2.05) is 0 Å². The maximum absolute atomic E-state index is 13.0. The van der Waals surface area contributed by atoms with Gasteiger partial charge in [-0.1, -0.05) is 11.6 Å². The fraction of sp³-hybridized carbons (Fsp3) is 0.400. The van der Waals surface area contributed by atoms with Gasteiger partial charge in [0.2, 0.25) is 10.0 Å². The van der Waals surface area contributed by atoms with Gasteiger partial charge in [-0.15, -0.1) is 0 Å². The van der Waals surface area contributed by atoms with Gasteiger partial charge < -0.3 is 4.74 Å². The number of sulfonamides is 1. The Hall–Kier alpha value is -0.690. The number of nitrogens with one attached hydrogen (secondary N) is 1. The summed E-state index contributed by atoms with van der Waals surface area (Å²) >= 11 is 5.71. The van der Waals surface area contributed by atoms with E-state index in [1.165, 1.54) is 13.2 Å². The first-order chi connectivity index (χ1) is 7.86. The van der Waals surface area contributed by atoms with Crippen molar-refractivity contribution in [1.29, 1.82) is 0 Å². The highest BCUT2D eigenvalue weighted by Crippen LogP contribution is 2.21. The molecule has 0 aliphatic carbocycles. The predicted octanol–water partition coefficient (Wildman–Crippen LogP) is 1.79. The van der Waals surface area contributed by atoms with Crippen LogP contribution < -0.4 is 4.72 Å². The highest BCUT2D eigenvalue weighted by Gasteiger charge is 2.19. The monoisotopic (exact) mass is 281 g/mol. The molecule has 1 unspecified atom stereocenters. The van der Waals surface area contributed by atoms with Crippen LogP contribution >= 0.6 is 11.6 Å². The molecular formula is C10H13ClFNO3S. The third kappa shape index (κ3) is 3.92. The minimum absolute atomic E-state index is 0.0241. The largest absolute Gasteiger partial charge is 0.380 e. The highest BCUT2D eigenvalue weighted by atomic mass is 35.5. The van der Waals surface area contributed by atoms with Crippen molar-refractivity contribution in [2.24, 2.45) is 0 Å². The minimum Gasteiger partial charge on any atom is -0.380 e. The average Bonchev–Trinajstić information content (AvgIpc) is 2.29. The molecule has 1 rings (SSSR count). The summed E-state index contributed by atoms with van der Waals surface area (Å²) < 4.78 is 43.8. The van der Waals surface area contributed by atoms with Crippen molar-refractivity contribution in [3.05, 3.63) is 29.0 Å². The third-order valence-electron chi connectivity index (χ3n) is 2.15. The van der Waals surface area contributed by atoms with Crippen molar-refractivity contribution in [3.8, 4) is 0 Å². The van der Waals surface area contributed by atoms with Gasteiger partial charge in [-0.2, -0.15) is 0 Å². The Morgan fingerprint density at radius 1 is 1.53 bits per heavy atom. The lowest BCUT2D eigenvalue weighted by molar-refractivity contribution is 0.122. The van der Waals surface area contributed by atoms with Crippen LogP contribution in [0, 0.1) is 5.82 Å². The molecule has 96 valence electrons. The molecule has 1 atom stereocenters.